The van der Waals surface area contributed by atoms with E-state index < -0.39 is 12.1 Å². The number of rotatable bonds is 4. The predicted molar refractivity (Wildman–Crippen MR) is 100.0 cm³/mol. The molecule has 148 valence electrons. The third-order valence-electron chi connectivity index (χ3n) is 5.26. The van der Waals surface area contributed by atoms with Crippen molar-refractivity contribution >= 4 is 17.6 Å². The van der Waals surface area contributed by atoms with Crippen LogP contribution in [-0.4, -0.2) is 60.6 Å². The molecule has 10 heteroatoms. The van der Waals surface area contributed by atoms with Crippen molar-refractivity contribution in [1.29, 1.82) is 0 Å². The number of piperidine rings is 1. The predicted octanol–water partition coefficient (Wildman–Crippen LogP) is 0.903. The fraction of sp³-hybridized carbons (Fsp3) is 0.500. The molecule has 1 N–H and O–H groups in total. The molecule has 0 radical (unpaired) electrons. The van der Waals surface area contributed by atoms with Gasteiger partial charge in [-0.1, -0.05) is 0 Å². The van der Waals surface area contributed by atoms with Gasteiger partial charge in [-0.25, -0.2) is 9.78 Å². The number of aromatic nitrogens is 6. The average molecular weight is 385 g/mol. The molecular weight excluding hydrogens is 362 g/mol. The molecule has 0 aliphatic carbocycles. The minimum atomic E-state index is -0.591. The van der Waals surface area contributed by atoms with Crippen LogP contribution in [0.3, 0.4) is 0 Å². The second kappa shape index (κ2) is 7.19. The van der Waals surface area contributed by atoms with E-state index >= 15 is 0 Å². The number of ether oxygens (including phenoxy) is 1. The second-order valence-corrected chi connectivity index (χ2v) is 7.04. The molecule has 3 aromatic heterocycles. The zero-order valence-electron chi connectivity index (χ0n) is 16.1. The summed E-state index contributed by atoms with van der Waals surface area (Å²) < 4.78 is 8.01. The summed E-state index contributed by atoms with van der Waals surface area (Å²) in [5.41, 5.74) is 1.63. The van der Waals surface area contributed by atoms with Gasteiger partial charge in [0.1, 0.15) is 5.82 Å². The summed E-state index contributed by atoms with van der Waals surface area (Å²) >= 11 is 0. The molecule has 0 spiro atoms. The van der Waals surface area contributed by atoms with Crippen LogP contribution in [0, 0.1) is 12.8 Å². The van der Waals surface area contributed by atoms with Gasteiger partial charge in [0.25, 0.3) is 11.6 Å². The Morgan fingerprint density at radius 3 is 2.71 bits per heavy atom. The van der Waals surface area contributed by atoms with Crippen LogP contribution in [0.4, 0.5) is 5.82 Å². The zero-order chi connectivity index (χ0) is 19.8. The van der Waals surface area contributed by atoms with Crippen molar-refractivity contribution in [3.05, 3.63) is 35.5 Å². The third kappa shape index (κ3) is 3.19. The summed E-state index contributed by atoms with van der Waals surface area (Å²) in [5, 5.41) is 19.1. The lowest BCUT2D eigenvalue weighted by Gasteiger charge is -2.35. The number of aliphatic hydroxyl groups is 1. The van der Waals surface area contributed by atoms with Crippen LogP contribution in [-0.2, 0) is 11.8 Å². The lowest BCUT2D eigenvalue weighted by Crippen LogP contribution is -2.37. The summed E-state index contributed by atoms with van der Waals surface area (Å²) in [7, 11) is 3.14. The Hall–Kier alpha value is -3.01. The average Bonchev–Trinajstić information content (AvgIpc) is 3.32. The number of anilines is 1. The molecule has 3 aromatic rings. The van der Waals surface area contributed by atoms with E-state index in [0.29, 0.717) is 5.78 Å². The number of hydrogen-bond acceptors (Lipinski definition) is 8. The third-order valence-corrected chi connectivity index (χ3v) is 5.26. The highest BCUT2D eigenvalue weighted by Crippen LogP contribution is 2.32. The standard InChI is InChI=1S/C18H23N7O3/c1-11-10-14(25-18(20-11)21-16(22-25)17(27)28-3)24-8-5-12(6-9-24)15(26)13-4-7-19-23(13)2/h4,7,10,12,15,26H,5-6,8-9H2,1-3H3. The van der Waals surface area contributed by atoms with Crippen LogP contribution >= 0.6 is 0 Å². The SMILES string of the molecule is COC(=O)c1nc2nc(C)cc(N3CCC(C(O)c4ccnn4C)CC3)n2n1. The number of carbonyl (C=O) groups excluding carboxylic acids is 1. The summed E-state index contributed by atoms with van der Waals surface area (Å²) in [6.07, 6.45) is 2.82. The van der Waals surface area contributed by atoms with Gasteiger partial charge in [-0.2, -0.15) is 14.6 Å². The van der Waals surface area contributed by atoms with Gasteiger partial charge in [-0.05, 0) is 31.7 Å². The first kappa shape index (κ1) is 18.4. The number of fused-ring (bicyclic) bond motifs is 1. The van der Waals surface area contributed by atoms with Gasteiger partial charge in [0.15, 0.2) is 0 Å². The number of aliphatic hydroxyl groups excluding tert-OH is 1. The zero-order valence-corrected chi connectivity index (χ0v) is 16.1. The smallest absolute Gasteiger partial charge is 0.378 e. The first-order valence-electron chi connectivity index (χ1n) is 9.21. The number of esters is 1. The van der Waals surface area contributed by atoms with Crippen molar-refractivity contribution in [1.82, 2.24) is 29.4 Å². The summed E-state index contributed by atoms with van der Waals surface area (Å²) in [5.74, 6) is 0.757. The maximum absolute atomic E-state index is 11.8. The van der Waals surface area contributed by atoms with E-state index in [1.54, 1.807) is 15.4 Å². The molecule has 1 fully saturated rings. The quantitative estimate of drug-likeness (QED) is 0.660. The first-order chi connectivity index (χ1) is 13.5. The van der Waals surface area contributed by atoms with Gasteiger partial charge < -0.3 is 14.7 Å². The summed E-state index contributed by atoms with van der Waals surface area (Å²) in [4.78, 5) is 22.5. The Labute approximate surface area is 161 Å². The number of aryl methyl sites for hydroxylation is 2. The minimum Gasteiger partial charge on any atom is -0.463 e. The lowest BCUT2D eigenvalue weighted by atomic mass is 9.89. The van der Waals surface area contributed by atoms with Crippen LogP contribution in [0.1, 0.15) is 41.0 Å². The normalized spacial score (nSPS) is 16.5. The molecule has 1 saturated heterocycles. The molecule has 0 aromatic carbocycles. The molecule has 1 aliphatic rings. The summed E-state index contributed by atoms with van der Waals surface area (Å²) in [6.45, 7) is 3.39. The van der Waals surface area contributed by atoms with Gasteiger partial charge in [0.05, 0.1) is 18.9 Å². The summed E-state index contributed by atoms with van der Waals surface area (Å²) in [6, 6.07) is 3.79. The van der Waals surface area contributed by atoms with E-state index in [9.17, 15) is 9.90 Å². The van der Waals surface area contributed by atoms with Crippen LogP contribution in [0.2, 0.25) is 0 Å². The maximum atomic E-state index is 11.8. The molecule has 28 heavy (non-hydrogen) atoms. The number of methoxy groups -OCH3 is 1. The van der Waals surface area contributed by atoms with Gasteiger partial charge in [0, 0.05) is 38.1 Å². The molecule has 1 atom stereocenters. The van der Waals surface area contributed by atoms with E-state index in [0.717, 1.165) is 43.1 Å². The Morgan fingerprint density at radius 1 is 1.32 bits per heavy atom. The van der Waals surface area contributed by atoms with Crippen LogP contribution < -0.4 is 4.90 Å². The van der Waals surface area contributed by atoms with Crippen LogP contribution in [0.15, 0.2) is 18.3 Å². The van der Waals surface area contributed by atoms with E-state index in [2.05, 4.69) is 25.1 Å². The van der Waals surface area contributed by atoms with Crippen molar-refractivity contribution in [3.63, 3.8) is 0 Å². The van der Waals surface area contributed by atoms with Crippen molar-refractivity contribution in [3.8, 4) is 0 Å². The molecular formula is C18H23N7O3. The Balaban J connectivity index is 1.56. The minimum absolute atomic E-state index is 0.0108. The van der Waals surface area contributed by atoms with E-state index in [1.165, 1.54) is 7.11 Å². The number of hydrogen-bond donors (Lipinski definition) is 1. The molecule has 0 saturated carbocycles. The fourth-order valence-electron chi connectivity index (χ4n) is 3.73. The van der Waals surface area contributed by atoms with Gasteiger partial charge in [-0.3, -0.25) is 4.68 Å². The highest BCUT2D eigenvalue weighted by Gasteiger charge is 2.29. The van der Waals surface area contributed by atoms with Gasteiger partial charge >= 0.3 is 5.97 Å². The van der Waals surface area contributed by atoms with Crippen molar-refractivity contribution in [2.75, 3.05) is 25.1 Å². The maximum Gasteiger partial charge on any atom is 0.378 e. The Kier molecular flexibility index (Phi) is 4.71. The molecule has 4 rings (SSSR count). The lowest BCUT2D eigenvalue weighted by molar-refractivity contribution is 0.0587. The largest absolute Gasteiger partial charge is 0.463 e. The van der Waals surface area contributed by atoms with Crippen molar-refractivity contribution in [2.45, 2.75) is 25.9 Å². The van der Waals surface area contributed by atoms with Crippen LogP contribution in [0.5, 0.6) is 0 Å². The topological polar surface area (TPSA) is 111 Å². The molecule has 0 amide bonds. The van der Waals surface area contributed by atoms with E-state index in [4.69, 9.17) is 4.74 Å². The van der Waals surface area contributed by atoms with E-state index in [-0.39, 0.29) is 11.7 Å². The fourth-order valence-corrected chi connectivity index (χ4v) is 3.73. The number of carbonyl (C=O) groups is 1. The molecule has 1 unspecified atom stereocenters. The second-order valence-electron chi connectivity index (χ2n) is 7.04. The Morgan fingerprint density at radius 2 is 2.07 bits per heavy atom. The first-order valence-corrected chi connectivity index (χ1v) is 9.21. The van der Waals surface area contributed by atoms with Gasteiger partial charge in [-0.15, -0.1) is 5.10 Å². The van der Waals surface area contributed by atoms with Crippen LogP contribution in [0.25, 0.3) is 5.78 Å². The molecule has 4 heterocycles. The number of nitrogens with zero attached hydrogens (tertiary/aromatic N) is 7. The molecule has 10 nitrogen and oxygen atoms in total. The Bertz CT molecular complexity index is 1000. The van der Waals surface area contributed by atoms with Crippen molar-refractivity contribution < 1.29 is 14.6 Å². The highest BCUT2D eigenvalue weighted by atomic mass is 16.5. The molecule has 0 bridgehead atoms. The highest BCUT2D eigenvalue weighted by molar-refractivity contribution is 5.85. The van der Waals surface area contributed by atoms with E-state index in [1.807, 2.05) is 26.1 Å². The van der Waals surface area contributed by atoms with Crippen molar-refractivity contribution in [2.24, 2.45) is 13.0 Å². The van der Waals surface area contributed by atoms with Gasteiger partial charge in [0.2, 0.25) is 0 Å². The monoisotopic (exact) mass is 385 g/mol. The molecule has 1 aliphatic heterocycles.